The summed E-state index contributed by atoms with van der Waals surface area (Å²) >= 11 is 1.84. The van der Waals surface area contributed by atoms with Gasteiger partial charge in [-0.05, 0) is 63.2 Å². The predicted molar refractivity (Wildman–Crippen MR) is 213 cm³/mol. The zero-order valence-electron chi connectivity index (χ0n) is 27.3. The molecule has 2 nitrogen and oxygen atoms in total. The molecule has 7 aromatic carbocycles. The molecular weight excluding hydrogens is 625 g/mol. The van der Waals surface area contributed by atoms with Crippen molar-refractivity contribution in [3.05, 3.63) is 205 Å². The molecule has 0 spiro atoms. The fraction of sp³-hybridized carbons (Fsp3) is 0.0213. The molecule has 50 heavy (non-hydrogen) atoms. The Labute approximate surface area is 296 Å². The lowest BCUT2D eigenvalue weighted by atomic mass is 9.91. The van der Waals surface area contributed by atoms with Crippen LogP contribution in [0.3, 0.4) is 0 Å². The zero-order chi connectivity index (χ0) is 33.4. The normalized spacial score (nSPS) is 14.5. The van der Waals surface area contributed by atoms with Crippen LogP contribution in [0.2, 0.25) is 0 Å². The average Bonchev–Trinajstić information content (AvgIpc) is 3.58. The first-order valence-corrected chi connectivity index (χ1v) is 17.7. The molecule has 0 saturated carbocycles. The number of fused-ring (bicyclic) bond motifs is 3. The van der Waals surface area contributed by atoms with Gasteiger partial charge in [0.25, 0.3) is 0 Å². The predicted octanol–water partition coefficient (Wildman–Crippen LogP) is 12.6. The van der Waals surface area contributed by atoms with Gasteiger partial charge in [-0.2, -0.15) is 0 Å². The van der Waals surface area contributed by atoms with Crippen molar-refractivity contribution in [2.75, 3.05) is 0 Å². The molecule has 236 valence electrons. The van der Waals surface area contributed by atoms with Crippen LogP contribution in [0.4, 0.5) is 0 Å². The summed E-state index contributed by atoms with van der Waals surface area (Å²) in [6, 6.07) is 62.1. The van der Waals surface area contributed by atoms with E-state index in [2.05, 4.69) is 170 Å². The van der Waals surface area contributed by atoms with Crippen molar-refractivity contribution in [2.24, 2.45) is 9.98 Å². The summed E-state index contributed by atoms with van der Waals surface area (Å²) in [5, 5.41) is 2.40. The summed E-state index contributed by atoms with van der Waals surface area (Å²) in [7, 11) is 0. The van der Waals surface area contributed by atoms with Crippen LogP contribution in [-0.4, -0.2) is 11.5 Å². The van der Waals surface area contributed by atoms with E-state index in [1.165, 1.54) is 53.6 Å². The number of hydrogen-bond donors (Lipinski definition) is 0. The van der Waals surface area contributed by atoms with E-state index in [1.807, 2.05) is 23.5 Å². The number of thiophene rings is 1. The monoisotopic (exact) mass is 656 g/mol. The highest BCUT2D eigenvalue weighted by Gasteiger charge is 2.27. The van der Waals surface area contributed by atoms with E-state index >= 15 is 0 Å². The molecule has 1 unspecified atom stereocenters. The van der Waals surface area contributed by atoms with Crippen LogP contribution < -0.4 is 0 Å². The highest BCUT2D eigenvalue weighted by molar-refractivity contribution is 7.26. The molecule has 0 saturated heterocycles. The highest BCUT2D eigenvalue weighted by atomic mass is 32.1. The number of aliphatic imine (C=N–C) groups is 2. The molecule has 1 aliphatic rings. The maximum absolute atomic E-state index is 5.32. The lowest BCUT2D eigenvalue weighted by Crippen LogP contribution is -2.20. The Bertz CT molecular complexity index is 2520. The van der Waals surface area contributed by atoms with E-state index in [1.54, 1.807) is 0 Å². The van der Waals surface area contributed by atoms with E-state index in [0.29, 0.717) is 0 Å². The molecule has 1 atom stereocenters. The maximum Gasteiger partial charge on any atom is 0.156 e. The van der Waals surface area contributed by atoms with Crippen molar-refractivity contribution in [3.8, 4) is 33.4 Å². The molecule has 0 fully saturated rings. The van der Waals surface area contributed by atoms with Crippen LogP contribution in [0.15, 0.2) is 198 Å². The molecule has 0 aliphatic carbocycles. The molecular formula is C47H32N2S. The Morgan fingerprint density at radius 1 is 0.480 bits per heavy atom. The van der Waals surface area contributed by atoms with Crippen molar-refractivity contribution < 1.29 is 0 Å². The van der Waals surface area contributed by atoms with Crippen LogP contribution in [0.25, 0.3) is 53.6 Å². The fourth-order valence-corrected chi connectivity index (χ4v) is 8.33. The molecule has 0 amide bonds. The third-order valence-corrected chi connectivity index (χ3v) is 10.7. The van der Waals surface area contributed by atoms with Gasteiger partial charge in [0.1, 0.15) is 6.04 Å². The first-order valence-electron chi connectivity index (χ1n) is 16.9. The SMILES string of the molecule is C=C1C(c2ccccc2)=NC(c2cccc3sc4c(-c5cc(-c6ccccc6)cc(-c6ccccc6)c5)cccc4c23)=NC1c1ccccc1. The van der Waals surface area contributed by atoms with Crippen molar-refractivity contribution in [1.82, 2.24) is 0 Å². The second-order valence-corrected chi connectivity index (χ2v) is 13.7. The molecule has 3 heteroatoms. The van der Waals surface area contributed by atoms with E-state index in [9.17, 15) is 0 Å². The summed E-state index contributed by atoms with van der Waals surface area (Å²) in [6.45, 7) is 4.53. The van der Waals surface area contributed by atoms with Crippen LogP contribution in [0.5, 0.6) is 0 Å². The van der Waals surface area contributed by atoms with Gasteiger partial charge in [-0.25, -0.2) is 4.99 Å². The van der Waals surface area contributed by atoms with Crippen LogP contribution in [0, 0.1) is 0 Å². The number of nitrogens with zero attached hydrogens (tertiary/aromatic N) is 2. The van der Waals surface area contributed by atoms with Gasteiger partial charge in [-0.3, -0.25) is 4.99 Å². The minimum absolute atomic E-state index is 0.230. The average molecular weight is 657 g/mol. The highest BCUT2D eigenvalue weighted by Crippen LogP contribution is 2.44. The lowest BCUT2D eigenvalue weighted by molar-refractivity contribution is 0.874. The van der Waals surface area contributed by atoms with E-state index in [0.717, 1.165) is 33.8 Å². The number of amidine groups is 1. The standard InChI is InChI=1S/C47H32N2S/c1-31-44(34-20-10-4-11-21-34)48-47(49-45(31)35-22-12-5-13-23-35)41-26-15-27-42-43(41)40-25-14-24-39(46(40)50-42)38-29-36(32-16-6-2-7-17-32)28-37(30-38)33-18-8-3-9-19-33/h2-30,44H,1H2. The Kier molecular flexibility index (Phi) is 7.61. The van der Waals surface area contributed by atoms with Crippen LogP contribution in [0.1, 0.15) is 22.7 Å². The summed E-state index contributed by atoms with van der Waals surface area (Å²) < 4.78 is 2.47. The summed E-state index contributed by atoms with van der Waals surface area (Å²) in [4.78, 5) is 10.6. The number of benzene rings is 7. The first kappa shape index (κ1) is 29.9. The van der Waals surface area contributed by atoms with Gasteiger partial charge in [0, 0.05) is 36.9 Å². The first-order chi connectivity index (χ1) is 24.7. The minimum Gasteiger partial charge on any atom is -0.253 e. The van der Waals surface area contributed by atoms with Crippen LogP contribution in [-0.2, 0) is 0 Å². The topological polar surface area (TPSA) is 24.7 Å². The molecule has 1 aromatic heterocycles. The molecule has 9 rings (SSSR count). The van der Waals surface area contributed by atoms with Gasteiger partial charge in [0.15, 0.2) is 5.84 Å². The second-order valence-electron chi connectivity index (χ2n) is 12.6. The van der Waals surface area contributed by atoms with Crippen molar-refractivity contribution >= 4 is 43.1 Å². The van der Waals surface area contributed by atoms with E-state index in [4.69, 9.17) is 9.98 Å². The summed E-state index contributed by atoms with van der Waals surface area (Å²) in [5.74, 6) is 0.734. The van der Waals surface area contributed by atoms with Crippen LogP contribution >= 0.6 is 11.3 Å². The molecule has 8 aromatic rings. The Balaban J connectivity index is 1.25. The third kappa shape index (κ3) is 5.38. The maximum atomic E-state index is 5.32. The molecule has 0 N–H and O–H groups in total. The van der Waals surface area contributed by atoms with Crippen molar-refractivity contribution in [2.45, 2.75) is 6.04 Å². The molecule has 0 bridgehead atoms. The smallest absolute Gasteiger partial charge is 0.156 e. The minimum atomic E-state index is -0.230. The van der Waals surface area contributed by atoms with Gasteiger partial charge in [0.2, 0.25) is 0 Å². The zero-order valence-corrected chi connectivity index (χ0v) is 28.1. The van der Waals surface area contributed by atoms with Gasteiger partial charge in [-0.1, -0.05) is 158 Å². The van der Waals surface area contributed by atoms with Gasteiger partial charge in [-0.15, -0.1) is 11.3 Å². The van der Waals surface area contributed by atoms with E-state index < -0.39 is 0 Å². The van der Waals surface area contributed by atoms with Gasteiger partial charge >= 0.3 is 0 Å². The Hall–Kier alpha value is -6.16. The van der Waals surface area contributed by atoms with Gasteiger partial charge < -0.3 is 0 Å². The summed E-state index contributed by atoms with van der Waals surface area (Å²) in [6.07, 6.45) is 0. The third-order valence-electron chi connectivity index (χ3n) is 9.49. The molecule has 0 radical (unpaired) electrons. The molecule has 1 aliphatic heterocycles. The number of hydrogen-bond acceptors (Lipinski definition) is 3. The Morgan fingerprint density at radius 3 is 1.66 bits per heavy atom. The number of rotatable bonds is 6. The Morgan fingerprint density at radius 2 is 1.02 bits per heavy atom. The fourth-order valence-electron chi connectivity index (χ4n) is 7.06. The molecule has 2 heterocycles. The summed E-state index contributed by atoms with van der Waals surface area (Å²) in [5.41, 5.74) is 12.2. The lowest BCUT2D eigenvalue weighted by Gasteiger charge is -2.24. The van der Waals surface area contributed by atoms with Crippen molar-refractivity contribution in [3.63, 3.8) is 0 Å². The van der Waals surface area contributed by atoms with Gasteiger partial charge in [0.05, 0.1) is 5.71 Å². The largest absolute Gasteiger partial charge is 0.253 e. The van der Waals surface area contributed by atoms with Crippen molar-refractivity contribution in [1.29, 1.82) is 0 Å². The second kappa shape index (κ2) is 12.7. The quantitative estimate of drug-likeness (QED) is 0.170. The van der Waals surface area contributed by atoms with E-state index in [-0.39, 0.29) is 6.04 Å².